The number of aryl methyl sites for hydroxylation is 1. The zero-order valence-corrected chi connectivity index (χ0v) is 9.00. The summed E-state index contributed by atoms with van der Waals surface area (Å²) in [4.78, 5) is 0. The molecule has 0 aliphatic heterocycles. The topological polar surface area (TPSA) is 64.1 Å². The molecule has 0 amide bonds. The van der Waals surface area contributed by atoms with Crippen LogP contribution in [0.1, 0.15) is 6.42 Å². The quantitative estimate of drug-likeness (QED) is 0.763. The van der Waals surface area contributed by atoms with Crippen molar-refractivity contribution >= 4 is 5.69 Å². The van der Waals surface area contributed by atoms with Gasteiger partial charge in [-0.15, -0.1) is 0 Å². The van der Waals surface area contributed by atoms with E-state index in [9.17, 15) is 0 Å². The van der Waals surface area contributed by atoms with Crippen LogP contribution in [-0.4, -0.2) is 21.5 Å². The summed E-state index contributed by atoms with van der Waals surface area (Å²) in [6.07, 6.45) is 4.49. The fourth-order valence-electron chi connectivity index (χ4n) is 1.59. The van der Waals surface area contributed by atoms with Gasteiger partial charge >= 0.3 is 0 Å². The molecule has 0 saturated carbocycles. The SMILES string of the molecule is Nc1cccc(-c2cnn(CCCO)c2)c1. The molecule has 2 aromatic rings. The van der Waals surface area contributed by atoms with Crippen LogP contribution < -0.4 is 5.73 Å². The Morgan fingerprint density at radius 3 is 2.94 bits per heavy atom. The van der Waals surface area contributed by atoms with Gasteiger partial charge in [0.2, 0.25) is 0 Å². The molecule has 4 heteroatoms. The van der Waals surface area contributed by atoms with E-state index in [4.69, 9.17) is 10.8 Å². The minimum absolute atomic E-state index is 0.188. The molecule has 3 N–H and O–H groups in total. The molecule has 0 aliphatic carbocycles. The molecule has 4 nitrogen and oxygen atoms in total. The first-order chi connectivity index (χ1) is 7.79. The molecule has 2 rings (SSSR count). The molecule has 16 heavy (non-hydrogen) atoms. The molecule has 0 unspecified atom stereocenters. The van der Waals surface area contributed by atoms with Crippen molar-refractivity contribution in [3.63, 3.8) is 0 Å². The molecule has 1 aromatic carbocycles. The lowest BCUT2D eigenvalue weighted by Gasteiger charge is -1.99. The van der Waals surface area contributed by atoms with Gasteiger partial charge in [0.1, 0.15) is 0 Å². The van der Waals surface area contributed by atoms with Crippen LogP contribution in [0.5, 0.6) is 0 Å². The summed E-state index contributed by atoms with van der Waals surface area (Å²) in [6.45, 7) is 0.923. The van der Waals surface area contributed by atoms with Crippen LogP contribution in [0.15, 0.2) is 36.7 Å². The number of hydrogen-bond donors (Lipinski definition) is 2. The number of aliphatic hydroxyl groups is 1. The van der Waals surface area contributed by atoms with Crippen LogP contribution in [0.3, 0.4) is 0 Å². The predicted molar refractivity (Wildman–Crippen MR) is 63.8 cm³/mol. The van der Waals surface area contributed by atoms with Crippen molar-refractivity contribution in [1.29, 1.82) is 0 Å². The number of anilines is 1. The van der Waals surface area contributed by atoms with Crippen molar-refractivity contribution in [1.82, 2.24) is 9.78 Å². The third kappa shape index (κ3) is 2.41. The Kier molecular flexibility index (Phi) is 3.22. The van der Waals surface area contributed by atoms with E-state index in [2.05, 4.69) is 5.10 Å². The number of nitrogens with two attached hydrogens (primary N) is 1. The maximum Gasteiger partial charge on any atom is 0.0568 e. The number of rotatable bonds is 4. The Labute approximate surface area is 94.3 Å². The fourth-order valence-corrected chi connectivity index (χ4v) is 1.59. The normalized spacial score (nSPS) is 10.6. The Balaban J connectivity index is 2.18. The summed E-state index contributed by atoms with van der Waals surface area (Å²) in [5, 5.41) is 13.0. The second kappa shape index (κ2) is 4.81. The van der Waals surface area contributed by atoms with E-state index in [1.165, 1.54) is 0 Å². The van der Waals surface area contributed by atoms with E-state index in [1.54, 1.807) is 0 Å². The second-order valence-corrected chi connectivity index (χ2v) is 3.69. The molecule has 1 aromatic heterocycles. The van der Waals surface area contributed by atoms with Crippen LogP contribution >= 0.6 is 0 Å². The number of nitrogen functional groups attached to an aromatic ring is 1. The van der Waals surface area contributed by atoms with Crippen molar-refractivity contribution in [2.24, 2.45) is 0 Å². The number of hydrogen-bond acceptors (Lipinski definition) is 3. The van der Waals surface area contributed by atoms with Gasteiger partial charge in [0.15, 0.2) is 0 Å². The molecule has 0 spiro atoms. The van der Waals surface area contributed by atoms with E-state index >= 15 is 0 Å². The van der Waals surface area contributed by atoms with Crippen molar-refractivity contribution in [2.75, 3.05) is 12.3 Å². The van der Waals surface area contributed by atoms with E-state index in [0.29, 0.717) is 0 Å². The monoisotopic (exact) mass is 217 g/mol. The van der Waals surface area contributed by atoms with Gasteiger partial charge in [-0.2, -0.15) is 5.10 Å². The lowest BCUT2D eigenvalue weighted by Crippen LogP contribution is -1.99. The first kappa shape index (κ1) is 10.7. The molecule has 84 valence electrons. The molecule has 0 fully saturated rings. The number of aromatic nitrogens is 2. The van der Waals surface area contributed by atoms with Crippen LogP contribution in [0.2, 0.25) is 0 Å². The van der Waals surface area contributed by atoms with Crippen LogP contribution in [0.25, 0.3) is 11.1 Å². The average molecular weight is 217 g/mol. The van der Waals surface area contributed by atoms with E-state index < -0.39 is 0 Å². The maximum absolute atomic E-state index is 8.73. The van der Waals surface area contributed by atoms with Crippen molar-refractivity contribution in [3.05, 3.63) is 36.7 Å². The highest BCUT2D eigenvalue weighted by atomic mass is 16.3. The highest BCUT2D eigenvalue weighted by Gasteiger charge is 2.01. The van der Waals surface area contributed by atoms with Gasteiger partial charge in [-0.05, 0) is 24.1 Å². The summed E-state index contributed by atoms with van der Waals surface area (Å²) in [7, 11) is 0. The van der Waals surface area contributed by atoms with Crippen LogP contribution in [0.4, 0.5) is 5.69 Å². The Morgan fingerprint density at radius 2 is 2.19 bits per heavy atom. The molecule has 0 aliphatic rings. The molecule has 1 heterocycles. The minimum Gasteiger partial charge on any atom is -0.399 e. The van der Waals surface area contributed by atoms with Gasteiger partial charge in [-0.25, -0.2) is 0 Å². The number of aliphatic hydroxyl groups excluding tert-OH is 1. The van der Waals surface area contributed by atoms with E-state index in [1.807, 2.05) is 41.3 Å². The summed E-state index contributed by atoms with van der Waals surface area (Å²) in [5.74, 6) is 0. The van der Waals surface area contributed by atoms with Crippen molar-refractivity contribution in [2.45, 2.75) is 13.0 Å². The third-order valence-corrected chi connectivity index (χ3v) is 2.40. The molecule has 0 bridgehead atoms. The fraction of sp³-hybridized carbons (Fsp3) is 0.250. The van der Waals surface area contributed by atoms with Crippen LogP contribution in [0, 0.1) is 0 Å². The summed E-state index contributed by atoms with van der Waals surface area (Å²) in [6, 6.07) is 7.71. The standard InChI is InChI=1S/C12H15N3O/c13-12-4-1-3-10(7-12)11-8-14-15(9-11)5-2-6-16/h1,3-4,7-9,16H,2,5-6,13H2. The average Bonchev–Trinajstić information content (AvgIpc) is 2.75. The van der Waals surface area contributed by atoms with Gasteiger partial charge in [-0.1, -0.05) is 12.1 Å². The van der Waals surface area contributed by atoms with Gasteiger partial charge in [0.05, 0.1) is 6.20 Å². The zero-order chi connectivity index (χ0) is 11.4. The molecule has 0 radical (unpaired) electrons. The zero-order valence-electron chi connectivity index (χ0n) is 9.00. The van der Waals surface area contributed by atoms with E-state index in [0.717, 1.165) is 29.8 Å². The first-order valence-electron chi connectivity index (χ1n) is 5.29. The third-order valence-electron chi connectivity index (χ3n) is 2.40. The summed E-state index contributed by atoms with van der Waals surface area (Å²) in [5.41, 5.74) is 8.58. The molecular weight excluding hydrogens is 202 g/mol. The van der Waals surface area contributed by atoms with Crippen molar-refractivity contribution in [3.8, 4) is 11.1 Å². The summed E-state index contributed by atoms with van der Waals surface area (Å²) >= 11 is 0. The number of nitrogens with zero attached hydrogens (tertiary/aromatic N) is 2. The maximum atomic E-state index is 8.73. The smallest absolute Gasteiger partial charge is 0.0568 e. The molecule has 0 atom stereocenters. The van der Waals surface area contributed by atoms with Gasteiger partial charge in [0, 0.05) is 30.6 Å². The van der Waals surface area contributed by atoms with Crippen LogP contribution in [-0.2, 0) is 6.54 Å². The summed E-state index contributed by atoms with van der Waals surface area (Å²) < 4.78 is 1.83. The second-order valence-electron chi connectivity index (χ2n) is 3.69. The minimum atomic E-state index is 0.188. The Bertz CT molecular complexity index is 465. The van der Waals surface area contributed by atoms with Crippen molar-refractivity contribution < 1.29 is 5.11 Å². The largest absolute Gasteiger partial charge is 0.399 e. The molecular formula is C12H15N3O. The van der Waals surface area contributed by atoms with Gasteiger partial charge < -0.3 is 10.8 Å². The first-order valence-corrected chi connectivity index (χ1v) is 5.29. The Morgan fingerprint density at radius 1 is 1.31 bits per heavy atom. The lowest BCUT2D eigenvalue weighted by atomic mass is 10.1. The number of benzene rings is 1. The van der Waals surface area contributed by atoms with E-state index in [-0.39, 0.29) is 6.61 Å². The van der Waals surface area contributed by atoms with Gasteiger partial charge in [-0.3, -0.25) is 4.68 Å². The van der Waals surface area contributed by atoms with Gasteiger partial charge in [0.25, 0.3) is 0 Å². The lowest BCUT2D eigenvalue weighted by molar-refractivity contribution is 0.277. The highest BCUT2D eigenvalue weighted by molar-refractivity contribution is 5.65. The highest BCUT2D eigenvalue weighted by Crippen LogP contribution is 2.20. The molecule has 0 saturated heterocycles. The Hall–Kier alpha value is -1.81. The predicted octanol–water partition coefficient (Wildman–Crippen LogP) is 1.51.